The third-order valence-corrected chi connectivity index (χ3v) is 5.77. The second kappa shape index (κ2) is 16.6. The Bertz CT molecular complexity index is 779. The van der Waals surface area contributed by atoms with Gasteiger partial charge in [0.05, 0.1) is 26.2 Å². The van der Waals surface area contributed by atoms with Crippen LogP contribution in [0.5, 0.6) is 0 Å². The van der Waals surface area contributed by atoms with E-state index in [1.165, 1.54) is 0 Å². The number of hydrogen-bond acceptors (Lipinski definition) is 9. The van der Waals surface area contributed by atoms with E-state index in [1.54, 1.807) is 19.6 Å². The van der Waals surface area contributed by atoms with Gasteiger partial charge in [-0.2, -0.15) is 0 Å². The van der Waals surface area contributed by atoms with Gasteiger partial charge in [0.15, 0.2) is 0 Å². The summed E-state index contributed by atoms with van der Waals surface area (Å²) in [5.74, 6) is -4.59. The van der Waals surface area contributed by atoms with Gasteiger partial charge in [-0.15, -0.1) is 0 Å². The van der Waals surface area contributed by atoms with Crippen LogP contribution in [-0.2, 0) is 24.0 Å². The quantitative estimate of drug-likeness (QED) is 0.134. The molecule has 1 fully saturated rings. The van der Waals surface area contributed by atoms with Crippen LogP contribution in [0, 0.1) is 0 Å². The van der Waals surface area contributed by atoms with Gasteiger partial charge in [0.1, 0.15) is 0 Å². The first-order valence-corrected chi connectivity index (χ1v) is 11.7. The normalized spacial score (nSPS) is 19.5. The molecule has 1 unspecified atom stereocenters. The van der Waals surface area contributed by atoms with Gasteiger partial charge in [-0.25, -0.2) is 0 Å². The predicted molar refractivity (Wildman–Crippen MR) is 128 cm³/mol. The summed E-state index contributed by atoms with van der Waals surface area (Å²) in [7, 11) is 0. The van der Waals surface area contributed by atoms with E-state index >= 15 is 0 Å². The van der Waals surface area contributed by atoms with E-state index in [0.717, 1.165) is 6.08 Å². The molecule has 36 heavy (non-hydrogen) atoms. The Morgan fingerprint density at radius 1 is 0.722 bits per heavy atom. The third-order valence-electron chi connectivity index (χ3n) is 5.77. The number of rotatable bonds is 13. The lowest BCUT2D eigenvalue weighted by atomic mass is 10.1. The first-order valence-electron chi connectivity index (χ1n) is 11.7. The summed E-state index contributed by atoms with van der Waals surface area (Å²) < 4.78 is 0. The van der Waals surface area contributed by atoms with E-state index in [-0.39, 0.29) is 77.9 Å². The predicted octanol–water partition coefficient (Wildman–Crippen LogP) is -2.00. The molecule has 14 nitrogen and oxygen atoms in total. The van der Waals surface area contributed by atoms with Crippen LogP contribution in [0.15, 0.2) is 12.7 Å². The van der Waals surface area contributed by atoms with Crippen molar-refractivity contribution in [2.75, 3.05) is 78.5 Å². The first kappa shape index (κ1) is 31.0. The summed E-state index contributed by atoms with van der Waals surface area (Å²) in [5, 5.41) is 40.1. The molecule has 1 amide bonds. The molecule has 204 valence electrons. The minimum atomic E-state index is -1.07. The summed E-state index contributed by atoms with van der Waals surface area (Å²) in [5.41, 5.74) is 0. The monoisotopic (exact) mass is 515 g/mol. The fourth-order valence-electron chi connectivity index (χ4n) is 4.06. The Morgan fingerprint density at radius 2 is 1.17 bits per heavy atom. The van der Waals surface area contributed by atoms with Gasteiger partial charge in [-0.3, -0.25) is 43.6 Å². The molecule has 0 bridgehead atoms. The minimum Gasteiger partial charge on any atom is -0.480 e. The maximum absolute atomic E-state index is 11.6. The SMILES string of the molecule is C=CC(=O)NCCCC1CN(CC(=O)O)CCN(CC(=O)O)CCN(CC(=O)O)CCN1CC(=O)O. The molecule has 1 aliphatic heterocycles. The van der Waals surface area contributed by atoms with Crippen LogP contribution < -0.4 is 5.32 Å². The Balaban J connectivity index is 3.18. The molecule has 1 aliphatic rings. The van der Waals surface area contributed by atoms with Crippen LogP contribution in [0.25, 0.3) is 0 Å². The molecule has 0 aromatic carbocycles. The number of carbonyl (C=O) groups is 5. The summed E-state index contributed by atoms with van der Waals surface area (Å²) in [6, 6.07) is -0.403. The molecule has 1 heterocycles. The van der Waals surface area contributed by atoms with Crippen molar-refractivity contribution in [1.82, 2.24) is 24.9 Å². The number of carbonyl (C=O) groups excluding carboxylic acids is 1. The van der Waals surface area contributed by atoms with Crippen LogP contribution >= 0.6 is 0 Å². The van der Waals surface area contributed by atoms with Gasteiger partial charge >= 0.3 is 23.9 Å². The fourth-order valence-corrected chi connectivity index (χ4v) is 4.06. The van der Waals surface area contributed by atoms with Crippen molar-refractivity contribution in [3.8, 4) is 0 Å². The molecular weight excluding hydrogens is 478 g/mol. The Labute approximate surface area is 209 Å². The van der Waals surface area contributed by atoms with Crippen LogP contribution in [-0.4, -0.2) is 154 Å². The van der Waals surface area contributed by atoms with Gasteiger partial charge in [-0.1, -0.05) is 6.58 Å². The van der Waals surface area contributed by atoms with Crippen molar-refractivity contribution in [1.29, 1.82) is 0 Å². The number of hydrogen-bond donors (Lipinski definition) is 5. The van der Waals surface area contributed by atoms with Crippen molar-refractivity contribution in [3.05, 3.63) is 12.7 Å². The lowest BCUT2D eigenvalue weighted by Gasteiger charge is -2.37. The molecule has 14 heteroatoms. The highest BCUT2D eigenvalue weighted by atomic mass is 16.4. The van der Waals surface area contributed by atoms with Crippen molar-refractivity contribution < 1.29 is 44.4 Å². The van der Waals surface area contributed by atoms with E-state index < -0.39 is 29.9 Å². The Morgan fingerprint density at radius 3 is 1.64 bits per heavy atom. The van der Waals surface area contributed by atoms with Crippen LogP contribution in [0.1, 0.15) is 12.8 Å². The molecule has 0 aromatic rings. The lowest BCUT2D eigenvalue weighted by Crippen LogP contribution is -2.53. The minimum absolute atomic E-state index is 0.203. The second-order valence-corrected chi connectivity index (χ2v) is 8.62. The van der Waals surface area contributed by atoms with E-state index in [9.17, 15) is 44.4 Å². The number of amides is 1. The molecule has 5 N–H and O–H groups in total. The highest BCUT2D eigenvalue weighted by Crippen LogP contribution is 2.12. The summed E-state index contributed by atoms with van der Waals surface area (Å²) in [6.07, 6.45) is 2.07. The van der Waals surface area contributed by atoms with Gasteiger partial charge in [-0.05, 0) is 18.9 Å². The largest absolute Gasteiger partial charge is 0.480 e. The number of aliphatic carboxylic acids is 4. The maximum Gasteiger partial charge on any atom is 0.317 e. The van der Waals surface area contributed by atoms with Crippen molar-refractivity contribution >= 4 is 29.8 Å². The van der Waals surface area contributed by atoms with E-state index in [1.807, 2.05) is 0 Å². The van der Waals surface area contributed by atoms with Crippen LogP contribution in [0.3, 0.4) is 0 Å². The smallest absolute Gasteiger partial charge is 0.317 e. The number of nitrogens with zero attached hydrogens (tertiary/aromatic N) is 4. The van der Waals surface area contributed by atoms with Crippen LogP contribution in [0.4, 0.5) is 0 Å². The highest BCUT2D eigenvalue weighted by molar-refractivity contribution is 5.86. The van der Waals surface area contributed by atoms with Gasteiger partial charge in [0.2, 0.25) is 5.91 Å². The zero-order valence-corrected chi connectivity index (χ0v) is 20.4. The molecule has 0 radical (unpaired) electrons. The van der Waals surface area contributed by atoms with Gasteiger partial charge in [0, 0.05) is 58.4 Å². The van der Waals surface area contributed by atoms with E-state index in [4.69, 9.17) is 0 Å². The van der Waals surface area contributed by atoms with Gasteiger partial charge < -0.3 is 25.7 Å². The Kier molecular flexibility index (Phi) is 14.3. The molecule has 0 aliphatic carbocycles. The topological polar surface area (TPSA) is 191 Å². The summed E-state index contributed by atoms with van der Waals surface area (Å²) in [4.78, 5) is 63.9. The van der Waals surface area contributed by atoms with Crippen LogP contribution in [0.2, 0.25) is 0 Å². The van der Waals surface area contributed by atoms with Crippen molar-refractivity contribution in [2.45, 2.75) is 18.9 Å². The molecule has 0 aromatic heterocycles. The molecule has 0 spiro atoms. The third kappa shape index (κ3) is 13.7. The lowest BCUT2D eigenvalue weighted by molar-refractivity contribution is -0.142. The molecule has 1 rings (SSSR count). The molecule has 1 atom stereocenters. The first-order chi connectivity index (χ1) is 17.0. The fraction of sp³-hybridized carbons (Fsp3) is 0.682. The summed E-state index contributed by atoms with van der Waals surface area (Å²) >= 11 is 0. The summed E-state index contributed by atoms with van der Waals surface area (Å²) in [6.45, 7) is 4.11. The number of carboxylic acids is 4. The van der Waals surface area contributed by atoms with E-state index in [2.05, 4.69) is 11.9 Å². The molecule has 0 saturated carbocycles. The second-order valence-electron chi connectivity index (χ2n) is 8.62. The van der Waals surface area contributed by atoms with Crippen molar-refractivity contribution in [2.24, 2.45) is 0 Å². The average molecular weight is 516 g/mol. The Hall–Kier alpha value is -3.07. The average Bonchev–Trinajstić information content (AvgIpc) is 2.77. The zero-order chi connectivity index (χ0) is 27.1. The standard InChI is InChI=1S/C22H37N5O9/c1-2-18(28)23-5-3-4-17-12-26(15-21(33)34)9-8-24(13-19(29)30)6-7-25(14-20(31)32)10-11-27(17)16-22(35)36/h2,17H,1,3-16H2,(H,23,28)(H,29,30)(H,31,32)(H,33,34)(H,35,36). The van der Waals surface area contributed by atoms with E-state index in [0.29, 0.717) is 19.4 Å². The number of nitrogens with one attached hydrogen (secondary N) is 1. The molecular formula is C22H37N5O9. The van der Waals surface area contributed by atoms with Gasteiger partial charge in [0.25, 0.3) is 0 Å². The maximum atomic E-state index is 11.6. The zero-order valence-electron chi connectivity index (χ0n) is 20.4. The highest BCUT2D eigenvalue weighted by Gasteiger charge is 2.27. The molecule has 1 saturated heterocycles. The number of carboxylic acid groups (broad SMARTS) is 4. The van der Waals surface area contributed by atoms with Crippen molar-refractivity contribution in [3.63, 3.8) is 0 Å².